The Labute approximate surface area is 220 Å². The Morgan fingerprint density at radius 3 is 2.67 bits per heavy atom. The molecule has 1 aliphatic carbocycles. The van der Waals surface area contributed by atoms with Crippen molar-refractivity contribution in [1.29, 1.82) is 0 Å². The first-order chi connectivity index (χ1) is 17.5. The molecular formula is C29H27N3O2S2. The summed E-state index contributed by atoms with van der Waals surface area (Å²) in [5, 5.41) is 6.24. The van der Waals surface area contributed by atoms with Crippen molar-refractivity contribution in [3.8, 4) is 0 Å². The fourth-order valence-electron chi connectivity index (χ4n) is 4.28. The highest BCUT2D eigenvalue weighted by molar-refractivity contribution is 8.00. The largest absolute Gasteiger partial charge is 0.326 e. The molecule has 1 aliphatic heterocycles. The van der Waals surface area contributed by atoms with E-state index in [-0.39, 0.29) is 29.0 Å². The highest BCUT2D eigenvalue weighted by Crippen LogP contribution is 2.43. The van der Waals surface area contributed by atoms with Crippen LogP contribution in [0.3, 0.4) is 0 Å². The second kappa shape index (κ2) is 10.7. The molecule has 0 aromatic heterocycles. The molecule has 7 heteroatoms. The zero-order chi connectivity index (χ0) is 25.1. The molecule has 2 unspecified atom stereocenters. The minimum absolute atomic E-state index is 0.0544. The normalized spacial score (nSPS) is 17.8. The molecule has 1 heterocycles. The van der Waals surface area contributed by atoms with Crippen molar-refractivity contribution in [2.24, 2.45) is 0 Å². The van der Waals surface area contributed by atoms with Crippen molar-refractivity contribution in [3.63, 3.8) is 0 Å². The average molecular weight is 514 g/mol. The number of rotatable bonds is 5. The number of amides is 3. The smallest absolute Gasteiger partial charge is 0.325 e. The quantitative estimate of drug-likeness (QED) is 0.359. The summed E-state index contributed by atoms with van der Waals surface area (Å²) in [7, 11) is 0. The molecule has 3 aromatic rings. The summed E-state index contributed by atoms with van der Waals surface area (Å²) in [5.74, 6) is 0.219. The zero-order valence-corrected chi connectivity index (χ0v) is 21.7. The highest BCUT2D eigenvalue weighted by atomic mass is 32.2. The Kier molecular flexibility index (Phi) is 7.20. The Morgan fingerprint density at radius 2 is 1.78 bits per heavy atom. The summed E-state index contributed by atoms with van der Waals surface area (Å²) >= 11 is 3.22. The number of nitrogens with zero attached hydrogens (tertiary/aromatic N) is 1. The molecule has 2 N–H and O–H groups in total. The minimum atomic E-state index is -0.174. The van der Waals surface area contributed by atoms with E-state index in [1.165, 1.54) is 11.8 Å². The van der Waals surface area contributed by atoms with Crippen LogP contribution < -0.4 is 15.5 Å². The van der Waals surface area contributed by atoms with E-state index in [1.807, 2.05) is 91.6 Å². The number of urea groups is 1. The monoisotopic (exact) mass is 513 g/mol. The van der Waals surface area contributed by atoms with E-state index in [9.17, 15) is 9.59 Å². The SMILES string of the molecule is Cc1ccc(C)c(NC(=O)CSc2cccc(NC(=O)N3c4ccccc4SC4C=CC=CC43)c2)c1. The molecule has 2 aliphatic rings. The van der Waals surface area contributed by atoms with Gasteiger partial charge in [0.1, 0.15) is 0 Å². The van der Waals surface area contributed by atoms with Crippen LogP contribution in [0.25, 0.3) is 0 Å². The molecule has 182 valence electrons. The molecule has 36 heavy (non-hydrogen) atoms. The number of anilines is 3. The molecule has 0 bridgehead atoms. The third-order valence-corrected chi connectivity index (χ3v) is 8.39. The maximum Gasteiger partial charge on any atom is 0.326 e. The van der Waals surface area contributed by atoms with Gasteiger partial charge in [-0.3, -0.25) is 9.69 Å². The van der Waals surface area contributed by atoms with Crippen molar-refractivity contribution in [2.75, 3.05) is 21.3 Å². The zero-order valence-electron chi connectivity index (χ0n) is 20.1. The van der Waals surface area contributed by atoms with E-state index in [0.717, 1.165) is 32.3 Å². The number of thioether (sulfide) groups is 2. The molecule has 0 fully saturated rings. The Bertz CT molecular complexity index is 1370. The lowest BCUT2D eigenvalue weighted by molar-refractivity contribution is -0.113. The summed E-state index contributed by atoms with van der Waals surface area (Å²) in [6.45, 7) is 3.99. The maximum atomic E-state index is 13.5. The first kappa shape index (κ1) is 24.3. The standard InChI is InChI=1S/C29H27N3O2S2/c1-19-14-15-20(2)23(16-19)31-28(33)18-35-22-9-7-8-21(17-22)30-29(34)32-24-10-3-5-12-26(24)36-27-13-6-4-11-25(27)32/h3-17,24,26H,18H2,1-2H3,(H,30,34)(H,31,33). The number of fused-ring (bicyclic) bond motifs is 2. The van der Waals surface area contributed by atoms with Gasteiger partial charge in [-0.2, -0.15) is 0 Å². The topological polar surface area (TPSA) is 61.4 Å². The summed E-state index contributed by atoms with van der Waals surface area (Å²) in [5.41, 5.74) is 4.59. The van der Waals surface area contributed by atoms with Crippen LogP contribution >= 0.6 is 23.5 Å². The fourth-order valence-corrected chi connectivity index (χ4v) is 6.29. The van der Waals surface area contributed by atoms with Gasteiger partial charge in [0.2, 0.25) is 5.91 Å². The van der Waals surface area contributed by atoms with Gasteiger partial charge >= 0.3 is 6.03 Å². The van der Waals surface area contributed by atoms with Gasteiger partial charge in [-0.05, 0) is 61.4 Å². The van der Waals surface area contributed by atoms with Crippen LogP contribution in [-0.4, -0.2) is 29.0 Å². The molecule has 2 atom stereocenters. The minimum Gasteiger partial charge on any atom is -0.325 e. The predicted molar refractivity (Wildman–Crippen MR) is 151 cm³/mol. The summed E-state index contributed by atoms with van der Waals surface area (Å²) in [4.78, 5) is 29.9. The van der Waals surface area contributed by atoms with Gasteiger partial charge in [-0.1, -0.05) is 54.6 Å². The van der Waals surface area contributed by atoms with Crippen LogP contribution in [0.5, 0.6) is 0 Å². The number of allylic oxidation sites excluding steroid dienone is 2. The molecule has 0 saturated carbocycles. The molecule has 5 nitrogen and oxygen atoms in total. The van der Waals surface area contributed by atoms with Gasteiger partial charge < -0.3 is 10.6 Å². The number of benzene rings is 3. The number of carbonyl (C=O) groups excluding carboxylic acids is 2. The molecule has 0 radical (unpaired) electrons. The van der Waals surface area contributed by atoms with Crippen LogP contribution in [0.1, 0.15) is 11.1 Å². The van der Waals surface area contributed by atoms with E-state index < -0.39 is 0 Å². The lowest BCUT2D eigenvalue weighted by atomic mass is 10.1. The van der Waals surface area contributed by atoms with Crippen LogP contribution in [-0.2, 0) is 4.79 Å². The third-order valence-electron chi connectivity index (χ3n) is 6.08. The van der Waals surface area contributed by atoms with Crippen LogP contribution in [0.2, 0.25) is 0 Å². The van der Waals surface area contributed by atoms with Gasteiger partial charge in [-0.25, -0.2) is 4.79 Å². The van der Waals surface area contributed by atoms with E-state index in [0.29, 0.717) is 5.69 Å². The molecule has 3 aromatic carbocycles. The van der Waals surface area contributed by atoms with Crippen molar-refractivity contribution in [2.45, 2.75) is 34.9 Å². The number of hydrogen-bond donors (Lipinski definition) is 2. The van der Waals surface area contributed by atoms with Crippen molar-refractivity contribution in [3.05, 3.63) is 102 Å². The maximum absolute atomic E-state index is 13.5. The summed E-state index contributed by atoms with van der Waals surface area (Å²) < 4.78 is 0. The van der Waals surface area contributed by atoms with Crippen LogP contribution in [0.15, 0.2) is 101 Å². The van der Waals surface area contributed by atoms with Gasteiger partial charge in [0.25, 0.3) is 0 Å². The first-order valence-electron chi connectivity index (χ1n) is 11.8. The third kappa shape index (κ3) is 5.37. The first-order valence-corrected chi connectivity index (χ1v) is 13.7. The van der Waals surface area contributed by atoms with Gasteiger partial charge in [0.05, 0.1) is 22.7 Å². The molecule has 5 rings (SSSR count). The Hall–Kier alpha value is -3.42. The second-order valence-corrected chi connectivity index (χ2v) is 11.1. The fraction of sp³-hybridized carbons (Fsp3) is 0.172. The van der Waals surface area contributed by atoms with E-state index >= 15 is 0 Å². The highest BCUT2D eigenvalue weighted by Gasteiger charge is 2.36. The van der Waals surface area contributed by atoms with Crippen molar-refractivity contribution < 1.29 is 9.59 Å². The number of para-hydroxylation sites is 1. The summed E-state index contributed by atoms with van der Waals surface area (Å²) in [6.07, 6.45) is 8.26. The number of hydrogen-bond acceptors (Lipinski definition) is 4. The van der Waals surface area contributed by atoms with Crippen LogP contribution in [0, 0.1) is 13.8 Å². The number of nitrogens with one attached hydrogen (secondary N) is 2. The Morgan fingerprint density at radius 1 is 0.944 bits per heavy atom. The molecule has 0 saturated heterocycles. The lowest BCUT2D eigenvalue weighted by Gasteiger charge is -2.40. The molecular weight excluding hydrogens is 486 g/mol. The van der Waals surface area contributed by atoms with Gasteiger partial charge in [-0.15, -0.1) is 23.5 Å². The predicted octanol–water partition coefficient (Wildman–Crippen LogP) is 7.04. The molecule has 0 spiro atoms. The van der Waals surface area contributed by atoms with E-state index in [4.69, 9.17) is 0 Å². The van der Waals surface area contributed by atoms with E-state index in [1.54, 1.807) is 11.8 Å². The summed E-state index contributed by atoms with van der Waals surface area (Å²) in [6, 6.07) is 21.4. The number of carbonyl (C=O) groups is 2. The van der Waals surface area contributed by atoms with E-state index in [2.05, 4.69) is 28.9 Å². The van der Waals surface area contributed by atoms with Gasteiger partial charge in [0, 0.05) is 21.2 Å². The van der Waals surface area contributed by atoms with Crippen LogP contribution in [0.4, 0.5) is 21.9 Å². The average Bonchev–Trinajstić information content (AvgIpc) is 2.88. The van der Waals surface area contributed by atoms with Crippen molar-refractivity contribution >= 4 is 52.5 Å². The number of aryl methyl sites for hydroxylation is 2. The molecule has 3 amide bonds. The lowest BCUT2D eigenvalue weighted by Crippen LogP contribution is -2.49. The van der Waals surface area contributed by atoms with Crippen molar-refractivity contribution in [1.82, 2.24) is 0 Å². The van der Waals surface area contributed by atoms with Gasteiger partial charge in [0.15, 0.2) is 0 Å². The second-order valence-electron chi connectivity index (χ2n) is 8.79. The Balaban J connectivity index is 1.26.